The van der Waals surface area contributed by atoms with Crippen LogP contribution in [0.1, 0.15) is 35.4 Å². The fraction of sp³-hybridized carbons (Fsp3) is 0.281. The molecule has 3 aromatic carbocycles. The molecule has 4 rings (SSSR count). The third-order valence-corrected chi connectivity index (χ3v) is 7.02. The van der Waals surface area contributed by atoms with Crippen LogP contribution < -0.4 is 10.6 Å². The summed E-state index contributed by atoms with van der Waals surface area (Å²) in [4.78, 5) is 39.8. The van der Waals surface area contributed by atoms with E-state index in [4.69, 9.17) is 4.74 Å². The zero-order valence-corrected chi connectivity index (χ0v) is 22.6. The second-order valence-corrected chi connectivity index (χ2v) is 9.97. The average Bonchev–Trinajstić information content (AvgIpc) is 3.27. The first kappa shape index (κ1) is 28.6. The highest BCUT2D eigenvalue weighted by atomic mass is 16.5. The molecule has 2 amide bonds. The monoisotopic (exact) mass is 541 g/mol. The van der Waals surface area contributed by atoms with Gasteiger partial charge in [0.2, 0.25) is 5.91 Å². The van der Waals surface area contributed by atoms with Gasteiger partial charge in [-0.3, -0.25) is 9.69 Å². The SMILES string of the molecule is C=CCCC(NC(=O)OCC1c2ccccc2-c2ccccc21)C(=O)NC(CN(C)Cc1ccccc1)C(=O)O. The molecular weight excluding hydrogens is 506 g/mol. The van der Waals surface area contributed by atoms with Gasteiger partial charge in [0.05, 0.1) is 0 Å². The lowest BCUT2D eigenvalue weighted by Gasteiger charge is -2.25. The molecule has 0 saturated carbocycles. The average molecular weight is 542 g/mol. The second kappa shape index (κ2) is 13.6. The quantitative estimate of drug-likeness (QED) is 0.274. The first-order valence-corrected chi connectivity index (χ1v) is 13.4. The van der Waals surface area contributed by atoms with Crippen LogP contribution in [0.25, 0.3) is 11.1 Å². The summed E-state index contributed by atoms with van der Waals surface area (Å²) in [6.45, 7) is 4.42. The lowest BCUT2D eigenvalue weighted by atomic mass is 9.98. The number of carbonyl (C=O) groups is 3. The van der Waals surface area contributed by atoms with Gasteiger partial charge in [-0.2, -0.15) is 0 Å². The van der Waals surface area contributed by atoms with E-state index in [1.165, 1.54) is 0 Å². The number of hydrogen-bond donors (Lipinski definition) is 3. The smallest absolute Gasteiger partial charge is 0.407 e. The maximum absolute atomic E-state index is 13.1. The zero-order chi connectivity index (χ0) is 28.5. The first-order valence-electron chi connectivity index (χ1n) is 13.4. The molecule has 0 fully saturated rings. The molecule has 0 aromatic heterocycles. The number of allylic oxidation sites excluding steroid dienone is 1. The van der Waals surface area contributed by atoms with Crippen molar-refractivity contribution in [2.75, 3.05) is 20.2 Å². The van der Waals surface area contributed by atoms with Gasteiger partial charge in [0.15, 0.2) is 0 Å². The summed E-state index contributed by atoms with van der Waals surface area (Å²) in [7, 11) is 1.79. The molecule has 3 N–H and O–H groups in total. The van der Waals surface area contributed by atoms with Crippen molar-refractivity contribution >= 4 is 18.0 Å². The van der Waals surface area contributed by atoms with E-state index in [-0.39, 0.29) is 25.5 Å². The third-order valence-electron chi connectivity index (χ3n) is 7.02. The van der Waals surface area contributed by atoms with Crippen LogP contribution in [0.15, 0.2) is 91.5 Å². The molecule has 40 heavy (non-hydrogen) atoms. The summed E-state index contributed by atoms with van der Waals surface area (Å²) in [6.07, 6.45) is 1.61. The van der Waals surface area contributed by atoms with Crippen molar-refractivity contribution in [2.45, 2.75) is 37.4 Å². The van der Waals surface area contributed by atoms with Crippen molar-refractivity contribution < 1.29 is 24.2 Å². The molecule has 0 spiro atoms. The van der Waals surface area contributed by atoms with E-state index >= 15 is 0 Å². The summed E-state index contributed by atoms with van der Waals surface area (Å²) < 4.78 is 5.60. The van der Waals surface area contributed by atoms with E-state index in [0.29, 0.717) is 13.0 Å². The number of hydrogen-bond acceptors (Lipinski definition) is 5. The molecule has 1 aliphatic carbocycles. The Balaban J connectivity index is 1.37. The van der Waals surface area contributed by atoms with Gasteiger partial charge in [-0.1, -0.05) is 84.9 Å². The molecule has 8 heteroatoms. The Bertz CT molecular complexity index is 1300. The lowest BCUT2D eigenvalue weighted by molar-refractivity contribution is -0.142. The molecule has 0 saturated heterocycles. The van der Waals surface area contributed by atoms with Crippen molar-refractivity contribution in [3.63, 3.8) is 0 Å². The highest BCUT2D eigenvalue weighted by Gasteiger charge is 2.31. The number of rotatable bonds is 13. The number of aliphatic carboxylic acids is 1. The largest absolute Gasteiger partial charge is 0.480 e. The van der Waals surface area contributed by atoms with Gasteiger partial charge >= 0.3 is 12.1 Å². The van der Waals surface area contributed by atoms with Crippen molar-refractivity contribution in [1.82, 2.24) is 15.5 Å². The van der Waals surface area contributed by atoms with Crippen LogP contribution in [0.2, 0.25) is 0 Å². The van der Waals surface area contributed by atoms with E-state index in [0.717, 1.165) is 27.8 Å². The minimum atomic E-state index is -1.16. The van der Waals surface area contributed by atoms with Gasteiger partial charge in [0.25, 0.3) is 0 Å². The molecular formula is C32H35N3O5. The number of carbonyl (C=O) groups excluding carboxylic acids is 2. The zero-order valence-electron chi connectivity index (χ0n) is 22.6. The first-order chi connectivity index (χ1) is 19.4. The molecule has 0 aliphatic heterocycles. The topological polar surface area (TPSA) is 108 Å². The highest BCUT2D eigenvalue weighted by molar-refractivity contribution is 5.89. The number of amides is 2. The molecule has 1 aliphatic rings. The Morgan fingerprint density at radius 3 is 2.12 bits per heavy atom. The number of fused-ring (bicyclic) bond motifs is 3. The van der Waals surface area contributed by atoms with E-state index in [1.54, 1.807) is 13.1 Å². The molecule has 0 bridgehead atoms. The Morgan fingerprint density at radius 1 is 0.925 bits per heavy atom. The van der Waals surface area contributed by atoms with Gasteiger partial charge in [0, 0.05) is 19.0 Å². The molecule has 2 atom stereocenters. The van der Waals surface area contributed by atoms with Crippen LogP contribution in [0.5, 0.6) is 0 Å². The Labute approximate surface area is 234 Å². The second-order valence-electron chi connectivity index (χ2n) is 9.97. The molecule has 208 valence electrons. The van der Waals surface area contributed by atoms with Crippen LogP contribution in [-0.4, -0.2) is 60.3 Å². The van der Waals surface area contributed by atoms with Crippen molar-refractivity contribution in [1.29, 1.82) is 0 Å². The standard InChI is InChI=1S/C32H35N3O5/c1-3-4-18-28(30(36)33-29(31(37)38)20-35(2)19-22-12-6-5-7-13-22)34-32(39)40-21-27-25-16-10-8-14-23(25)24-15-9-11-17-26(24)27/h3,5-17,27-29H,1,4,18-21H2,2H3,(H,33,36)(H,34,39)(H,37,38). The van der Waals surface area contributed by atoms with Gasteiger partial charge in [0.1, 0.15) is 18.7 Å². The van der Waals surface area contributed by atoms with Crippen LogP contribution in [0.3, 0.4) is 0 Å². The highest BCUT2D eigenvalue weighted by Crippen LogP contribution is 2.44. The van der Waals surface area contributed by atoms with Crippen LogP contribution >= 0.6 is 0 Å². The number of carboxylic acid groups (broad SMARTS) is 1. The number of benzene rings is 3. The number of nitrogens with one attached hydrogen (secondary N) is 2. The number of alkyl carbamates (subject to hydrolysis) is 1. The number of carboxylic acids is 1. The lowest BCUT2D eigenvalue weighted by Crippen LogP contribution is -2.54. The van der Waals surface area contributed by atoms with Crippen molar-refractivity contribution in [3.8, 4) is 11.1 Å². The van der Waals surface area contributed by atoms with Gasteiger partial charge in [-0.05, 0) is 47.7 Å². The van der Waals surface area contributed by atoms with Gasteiger partial charge < -0.3 is 20.5 Å². The molecule has 3 aromatic rings. The van der Waals surface area contributed by atoms with Crippen molar-refractivity contribution in [2.24, 2.45) is 0 Å². The fourth-order valence-corrected chi connectivity index (χ4v) is 5.06. The molecule has 8 nitrogen and oxygen atoms in total. The van der Waals surface area contributed by atoms with Gasteiger partial charge in [-0.25, -0.2) is 9.59 Å². The van der Waals surface area contributed by atoms with Crippen molar-refractivity contribution in [3.05, 3.63) is 108 Å². The number of likely N-dealkylation sites (N-methyl/N-ethyl adjacent to an activating group) is 1. The Kier molecular flexibility index (Phi) is 9.70. The molecule has 0 heterocycles. The van der Waals surface area contributed by atoms with Crippen LogP contribution in [-0.2, 0) is 20.9 Å². The normalized spacial score (nSPS) is 13.6. The van der Waals surface area contributed by atoms with E-state index in [1.807, 2.05) is 71.6 Å². The number of ether oxygens (including phenoxy) is 1. The number of nitrogens with zero attached hydrogens (tertiary/aromatic N) is 1. The van der Waals surface area contributed by atoms with E-state index < -0.39 is 30.1 Å². The van der Waals surface area contributed by atoms with Crippen LogP contribution in [0.4, 0.5) is 4.79 Å². The van der Waals surface area contributed by atoms with Crippen LogP contribution in [0, 0.1) is 0 Å². The minimum Gasteiger partial charge on any atom is -0.480 e. The summed E-state index contributed by atoms with van der Waals surface area (Å²) in [6, 6.07) is 23.6. The molecule has 0 radical (unpaired) electrons. The Morgan fingerprint density at radius 2 is 1.52 bits per heavy atom. The minimum absolute atomic E-state index is 0.0924. The molecule has 2 unspecified atom stereocenters. The van der Waals surface area contributed by atoms with Gasteiger partial charge in [-0.15, -0.1) is 6.58 Å². The third kappa shape index (κ3) is 7.15. The van der Waals surface area contributed by atoms with E-state index in [2.05, 4.69) is 29.3 Å². The predicted molar refractivity (Wildman–Crippen MR) is 154 cm³/mol. The fourth-order valence-electron chi connectivity index (χ4n) is 5.06. The summed E-state index contributed by atoms with van der Waals surface area (Å²) in [5.41, 5.74) is 5.43. The maximum Gasteiger partial charge on any atom is 0.407 e. The summed E-state index contributed by atoms with van der Waals surface area (Å²) in [5.74, 6) is -1.86. The summed E-state index contributed by atoms with van der Waals surface area (Å²) >= 11 is 0. The van der Waals surface area contributed by atoms with E-state index in [9.17, 15) is 19.5 Å². The predicted octanol–water partition coefficient (Wildman–Crippen LogP) is 4.56. The maximum atomic E-state index is 13.1. The Hall–Kier alpha value is -4.43. The summed E-state index contributed by atoms with van der Waals surface area (Å²) in [5, 5.41) is 15.0.